The Kier molecular flexibility index (Phi) is 5.85. The van der Waals surface area contributed by atoms with Crippen molar-refractivity contribution in [3.63, 3.8) is 0 Å². The van der Waals surface area contributed by atoms with Crippen LogP contribution < -0.4 is 5.73 Å². The highest BCUT2D eigenvalue weighted by molar-refractivity contribution is 5.81. The highest BCUT2D eigenvalue weighted by Gasteiger charge is 2.30. The van der Waals surface area contributed by atoms with Crippen molar-refractivity contribution in [2.24, 2.45) is 11.7 Å². The average molecular weight is 334 g/mol. The first-order valence-corrected chi connectivity index (χ1v) is 9.05. The van der Waals surface area contributed by atoms with Crippen molar-refractivity contribution in [3.05, 3.63) is 35.6 Å². The smallest absolute Gasteiger partial charge is 0.239 e. The molecule has 0 aromatic heterocycles. The average Bonchev–Trinajstić information content (AvgIpc) is 2.62. The zero-order valence-corrected chi connectivity index (χ0v) is 14.1. The molecule has 1 amide bonds. The normalized spacial score (nSPS) is 23.9. The van der Waals surface area contributed by atoms with Gasteiger partial charge in [0.15, 0.2) is 0 Å². The molecule has 2 fully saturated rings. The number of ether oxygens (including phenoxy) is 1. The number of carbonyl (C=O) groups excluding carboxylic acids is 1. The molecule has 2 N–H and O–H groups in total. The van der Waals surface area contributed by atoms with Crippen LogP contribution in [0.2, 0.25) is 0 Å². The SMILES string of the molecule is NC(CC1CCCCC1)C(=O)N1CCOC(c2ccc(F)cc2)C1. The van der Waals surface area contributed by atoms with E-state index < -0.39 is 6.04 Å². The van der Waals surface area contributed by atoms with Gasteiger partial charge in [-0.2, -0.15) is 0 Å². The Morgan fingerprint density at radius 2 is 1.96 bits per heavy atom. The zero-order valence-electron chi connectivity index (χ0n) is 14.1. The van der Waals surface area contributed by atoms with Crippen LogP contribution in [-0.2, 0) is 9.53 Å². The van der Waals surface area contributed by atoms with Gasteiger partial charge in [0.1, 0.15) is 11.9 Å². The van der Waals surface area contributed by atoms with Crippen LogP contribution in [0.3, 0.4) is 0 Å². The summed E-state index contributed by atoms with van der Waals surface area (Å²) in [4.78, 5) is 14.5. The molecule has 1 aromatic rings. The second kappa shape index (κ2) is 8.08. The van der Waals surface area contributed by atoms with Crippen molar-refractivity contribution in [2.45, 2.75) is 50.7 Å². The summed E-state index contributed by atoms with van der Waals surface area (Å²) in [5.41, 5.74) is 7.10. The number of hydrogen-bond acceptors (Lipinski definition) is 3. The fourth-order valence-corrected chi connectivity index (χ4v) is 3.85. The maximum atomic E-state index is 13.1. The first-order chi connectivity index (χ1) is 11.6. The quantitative estimate of drug-likeness (QED) is 0.921. The van der Waals surface area contributed by atoms with Crippen molar-refractivity contribution < 1.29 is 13.9 Å². The number of rotatable bonds is 4. The third-order valence-corrected chi connectivity index (χ3v) is 5.25. The van der Waals surface area contributed by atoms with Gasteiger partial charge in [0.2, 0.25) is 5.91 Å². The second-order valence-electron chi connectivity index (χ2n) is 7.04. The minimum atomic E-state index is -0.417. The lowest BCUT2D eigenvalue weighted by molar-refractivity contribution is -0.140. The van der Waals surface area contributed by atoms with Crippen molar-refractivity contribution >= 4 is 5.91 Å². The molecule has 2 atom stereocenters. The van der Waals surface area contributed by atoms with Gasteiger partial charge in [-0.15, -0.1) is 0 Å². The van der Waals surface area contributed by atoms with Gasteiger partial charge in [0.05, 0.1) is 19.2 Å². The Balaban J connectivity index is 1.56. The van der Waals surface area contributed by atoms with Crippen molar-refractivity contribution in [1.29, 1.82) is 0 Å². The molecule has 1 heterocycles. The summed E-state index contributed by atoms with van der Waals surface area (Å²) < 4.78 is 18.8. The molecular formula is C19H27FN2O2. The fourth-order valence-electron chi connectivity index (χ4n) is 3.85. The minimum absolute atomic E-state index is 0.0241. The van der Waals surface area contributed by atoms with E-state index in [1.165, 1.54) is 44.2 Å². The van der Waals surface area contributed by atoms with Crippen LogP contribution in [0.15, 0.2) is 24.3 Å². The number of nitrogens with two attached hydrogens (primary N) is 1. The zero-order chi connectivity index (χ0) is 16.9. The summed E-state index contributed by atoms with van der Waals surface area (Å²) in [5, 5.41) is 0. The first-order valence-electron chi connectivity index (χ1n) is 9.05. The summed E-state index contributed by atoms with van der Waals surface area (Å²) in [6, 6.07) is 5.87. The van der Waals surface area contributed by atoms with Crippen molar-refractivity contribution in [3.8, 4) is 0 Å². The third-order valence-electron chi connectivity index (χ3n) is 5.25. The summed E-state index contributed by atoms with van der Waals surface area (Å²) in [6.45, 7) is 1.56. The third kappa shape index (κ3) is 4.33. The molecule has 0 radical (unpaired) electrons. The monoisotopic (exact) mass is 334 g/mol. The van der Waals surface area contributed by atoms with E-state index in [0.717, 1.165) is 12.0 Å². The Morgan fingerprint density at radius 1 is 1.25 bits per heavy atom. The lowest BCUT2D eigenvalue weighted by Gasteiger charge is -2.35. The number of amides is 1. The van der Waals surface area contributed by atoms with Gasteiger partial charge < -0.3 is 15.4 Å². The number of benzene rings is 1. The van der Waals surface area contributed by atoms with Gasteiger partial charge in [0.25, 0.3) is 0 Å². The van der Waals surface area contributed by atoms with Gasteiger partial charge in [-0.3, -0.25) is 4.79 Å². The summed E-state index contributed by atoms with van der Waals surface area (Å²) in [7, 11) is 0. The second-order valence-corrected chi connectivity index (χ2v) is 7.04. The molecule has 2 aliphatic rings. The van der Waals surface area contributed by atoms with E-state index in [1.807, 2.05) is 4.90 Å². The molecule has 2 unspecified atom stereocenters. The first kappa shape index (κ1) is 17.4. The van der Waals surface area contributed by atoms with E-state index in [2.05, 4.69) is 0 Å². The molecule has 1 aromatic carbocycles. The molecule has 0 bridgehead atoms. The van der Waals surface area contributed by atoms with E-state index in [9.17, 15) is 9.18 Å². The highest BCUT2D eigenvalue weighted by Crippen LogP contribution is 2.28. The van der Waals surface area contributed by atoms with Crippen LogP contribution in [0.25, 0.3) is 0 Å². The molecule has 1 aliphatic carbocycles. The molecular weight excluding hydrogens is 307 g/mol. The fraction of sp³-hybridized carbons (Fsp3) is 0.632. The molecule has 1 saturated carbocycles. The summed E-state index contributed by atoms with van der Waals surface area (Å²) >= 11 is 0. The van der Waals surface area contributed by atoms with Gasteiger partial charge >= 0.3 is 0 Å². The van der Waals surface area contributed by atoms with Crippen LogP contribution in [0.4, 0.5) is 4.39 Å². The highest BCUT2D eigenvalue weighted by atomic mass is 19.1. The van der Waals surface area contributed by atoms with Crippen LogP contribution in [0.5, 0.6) is 0 Å². The maximum Gasteiger partial charge on any atom is 0.239 e. The molecule has 24 heavy (non-hydrogen) atoms. The molecule has 132 valence electrons. The molecule has 0 spiro atoms. The van der Waals surface area contributed by atoms with Crippen LogP contribution >= 0.6 is 0 Å². The summed E-state index contributed by atoms with van der Waals surface area (Å²) in [6.07, 6.45) is 6.81. The van der Waals surface area contributed by atoms with E-state index in [1.54, 1.807) is 12.1 Å². The minimum Gasteiger partial charge on any atom is -0.370 e. The standard InChI is InChI=1S/C19H27FN2O2/c20-16-8-6-15(7-9-16)18-13-22(10-11-24-18)19(23)17(21)12-14-4-2-1-3-5-14/h6-9,14,17-18H,1-5,10-13,21H2. The van der Waals surface area contributed by atoms with Gasteiger partial charge in [-0.25, -0.2) is 4.39 Å². The largest absolute Gasteiger partial charge is 0.370 e. The maximum absolute atomic E-state index is 13.1. The number of morpholine rings is 1. The van der Waals surface area contributed by atoms with Gasteiger partial charge in [-0.05, 0) is 30.0 Å². The lowest BCUT2D eigenvalue weighted by Crippen LogP contribution is -2.49. The van der Waals surface area contributed by atoms with Gasteiger partial charge in [-0.1, -0.05) is 44.2 Å². The van der Waals surface area contributed by atoms with Crippen LogP contribution in [0, 0.1) is 11.7 Å². The van der Waals surface area contributed by atoms with E-state index in [-0.39, 0.29) is 17.8 Å². The number of carbonyl (C=O) groups is 1. The molecule has 3 rings (SSSR count). The lowest BCUT2D eigenvalue weighted by atomic mass is 9.84. The van der Waals surface area contributed by atoms with E-state index >= 15 is 0 Å². The van der Waals surface area contributed by atoms with Crippen LogP contribution in [0.1, 0.15) is 50.2 Å². The topological polar surface area (TPSA) is 55.6 Å². The molecule has 1 aliphatic heterocycles. The molecule has 4 nitrogen and oxygen atoms in total. The number of hydrogen-bond donors (Lipinski definition) is 1. The Bertz CT molecular complexity index is 543. The predicted octanol–water partition coefficient (Wildman–Crippen LogP) is 3.02. The van der Waals surface area contributed by atoms with Crippen molar-refractivity contribution in [1.82, 2.24) is 4.90 Å². The van der Waals surface area contributed by atoms with Gasteiger partial charge in [0, 0.05) is 6.54 Å². The van der Waals surface area contributed by atoms with E-state index in [4.69, 9.17) is 10.5 Å². The Hall–Kier alpha value is -1.46. The Labute approximate surface area is 143 Å². The Morgan fingerprint density at radius 3 is 2.67 bits per heavy atom. The summed E-state index contributed by atoms with van der Waals surface area (Å²) in [5.74, 6) is 0.347. The van der Waals surface area contributed by atoms with Crippen molar-refractivity contribution in [2.75, 3.05) is 19.7 Å². The predicted molar refractivity (Wildman–Crippen MR) is 90.8 cm³/mol. The van der Waals surface area contributed by atoms with E-state index in [0.29, 0.717) is 25.6 Å². The molecule has 5 heteroatoms. The molecule has 1 saturated heterocycles. The van der Waals surface area contributed by atoms with Crippen LogP contribution in [-0.4, -0.2) is 36.5 Å². The number of nitrogens with zero attached hydrogens (tertiary/aromatic N) is 1. The number of halogens is 1.